The van der Waals surface area contributed by atoms with Crippen LogP contribution in [0.25, 0.3) is 0 Å². The molecule has 0 fully saturated rings. The highest BCUT2D eigenvalue weighted by molar-refractivity contribution is 5.80. The smallest absolute Gasteiger partial charge is 0.333 e. The Kier molecular flexibility index (Phi) is 19.2. The zero-order valence-corrected chi connectivity index (χ0v) is 19.1. The lowest BCUT2D eigenvalue weighted by molar-refractivity contribution is -0.159. The van der Waals surface area contributed by atoms with Crippen molar-refractivity contribution in [3.8, 4) is 0 Å². The lowest BCUT2D eigenvalue weighted by Crippen LogP contribution is -2.28. The van der Waals surface area contributed by atoms with E-state index in [-0.39, 0.29) is 13.0 Å². The molecule has 8 nitrogen and oxygen atoms in total. The average Bonchev–Trinajstić information content (AvgIpc) is 2.73. The van der Waals surface area contributed by atoms with Crippen LogP contribution in [-0.2, 0) is 23.9 Å². The Hall–Kier alpha value is -1.67. The molecule has 1 unspecified atom stereocenters. The Morgan fingerprint density at radius 2 is 1.10 bits per heavy atom. The molecule has 0 saturated carbocycles. The summed E-state index contributed by atoms with van der Waals surface area (Å²) in [5.41, 5.74) is 0. The van der Waals surface area contributed by atoms with E-state index < -0.39 is 43.1 Å². The molecule has 0 spiro atoms. The van der Waals surface area contributed by atoms with Gasteiger partial charge in [0.2, 0.25) is 0 Å². The van der Waals surface area contributed by atoms with Gasteiger partial charge < -0.3 is 24.8 Å². The summed E-state index contributed by atoms with van der Waals surface area (Å²) >= 11 is 0. The predicted molar refractivity (Wildman–Crippen MR) is 116 cm³/mol. The van der Waals surface area contributed by atoms with Crippen LogP contribution in [0.4, 0.5) is 0 Å². The Bertz CT molecular complexity index is 480. The second-order valence-electron chi connectivity index (χ2n) is 8.07. The number of unbranched alkanes of at least 4 members (excludes halogenated alkanes) is 12. The largest absolute Gasteiger partial charge is 0.479 e. The zero-order chi connectivity index (χ0) is 23.3. The summed E-state index contributed by atoms with van der Waals surface area (Å²) in [4.78, 5) is 33.4. The van der Waals surface area contributed by atoms with E-state index in [1.807, 2.05) is 0 Å². The molecule has 0 saturated heterocycles. The van der Waals surface area contributed by atoms with Gasteiger partial charge in [-0.1, -0.05) is 84.0 Å². The summed E-state index contributed by atoms with van der Waals surface area (Å²) in [5.74, 6) is -2.89. The Balaban J connectivity index is 3.48. The minimum Gasteiger partial charge on any atom is -0.479 e. The van der Waals surface area contributed by atoms with E-state index in [2.05, 4.69) is 11.7 Å². The summed E-state index contributed by atoms with van der Waals surface area (Å²) in [6, 6.07) is 0. The van der Waals surface area contributed by atoms with Crippen LogP contribution in [0, 0.1) is 0 Å². The number of aliphatic hydroxyl groups excluding tert-OH is 2. The SMILES string of the molecule is CCCCCCCCCCCCCCCC(=O)OCC(O)COC(=O)C[C@H](O)C(=O)O. The van der Waals surface area contributed by atoms with Gasteiger partial charge in [-0.25, -0.2) is 4.79 Å². The van der Waals surface area contributed by atoms with Crippen molar-refractivity contribution >= 4 is 17.9 Å². The number of carbonyl (C=O) groups is 3. The van der Waals surface area contributed by atoms with E-state index in [4.69, 9.17) is 14.9 Å². The third kappa shape index (κ3) is 20.0. The van der Waals surface area contributed by atoms with Crippen LogP contribution in [0.5, 0.6) is 0 Å². The van der Waals surface area contributed by atoms with Gasteiger partial charge in [0.05, 0.1) is 6.42 Å². The molecule has 0 amide bonds. The van der Waals surface area contributed by atoms with Crippen molar-refractivity contribution in [1.29, 1.82) is 0 Å². The van der Waals surface area contributed by atoms with Crippen molar-refractivity contribution in [2.24, 2.45) is 0 Å². The predicted octanol–water partition coefficient (Wildman–Crippen LogP) is 3.75. The Morgan fingerprint density at radius 3 is 1.55 bits per heavy atom. The molecule has 0 radical (unpaired) electrons. The highest BCUT2D eigenvalue weighted by Crippen LogP contribution is 2.13. The second-order valence-corrected chi connectivity index (χ2v) is 8.07. The first-order valence-electron chi connectivity index (χ1n) is 11.8. The second kappa shape index (κ2) is 20.2. The molecular weight excluding hydrogens is 404 g/mol. The van der Waals surface area contributed by atoms with E-state index in [9.17, 15) is 19.5 Å². The molecular formula is C23H42O8. The summed E-state index contributed by atoms with van der Waals surface area (Å²) in [6.07, 6.45) is 12.5. The molecule has 0 bridgehead atoms. The van der Waals surface area contributed by atoms with Crippen molar-refractivity contribution in [3.05, 3.63) is 0 Å². The van der Waals surface area contributed by atoms with Crippen molar-refractivity contribution in [3.63, 3.8) is 0 Å². The maximum atomic E-state index is 11.7. The summed E-state index contributed by atoms with van der Waals surface area (Å²) in [6.45, 7) is 1.50. The fourth-order valence-corrected chi connectivity index (χ4v) is 3.09. The summed E-state index contributed by atoms with van der Waals surface area (Å²) < 4.78 is 9.57. The molecule has 0 aromatic carbocycles. The van der Waals surface area contributed by atoms with Gasteiger partial charge in [-0.2, -0.15) is 0 Å². The molecule has 8 heteroatoms. The van der Waals surface area contributed by atoms with Crippen molar-refractivity contribution in [2.45, 2.75) is 115 Å². The van der Waals surface area contributed by atoms with Gasteiger partial charge in [-0.05, 0) is 6.42 Å². The third-order valence-electron chi connectivity index (χ3n) is 5.00. The fourth-order valence-electron chi connectivity index (χ4n) is 3.09. The first kappa shape index (κ1) is 29.3. The normalized spacial score (nSPS) is 12.9. The zero-order valence-electron chi connectivity index (χ0n) is 19.1. The number of esters is 2. The number of ether oxygens (including phenoxy) is 2. The Labute approximate surface area is 186 Å². The maximum Gasteiger partial charge on any atom is 0.333 e. The highest BCUT2D eigenvalue weighted by atomic mass is 16.6. The summed E-state index contributed by atoms with van der Waals surface area (Å²) in [5, 5.41) is 27.1. The minimum absolute atomic E-state index is 0.287. The van der Waals surface area contributed by atoms with Crippen LogP contribution in [0.2, 0.25) is 0 Å². The minimum atomic E-state index is -1.84. The third-order valence-corrected chi connectivity index (χ3v) is 5.00. The first-order valence-corrected chi connectivity index (χ1v) is 11.8. The van der Waals surface area contributed by atoms with Crippen LogP contribution >= 0.6 is 0 Å². The van der Waals surface area contributed by atoms with Crippen molar-refractivity contribution in [2.75, 3.05) is 13.2 Å². The monoisotopic (exact) mass is 446 g/mol. The van der Waals surface area contributed by atoms with Crippen molar-refractivity contribution < 1.29 is 39.2 Å². The molecule has 0 aromatic heterocycles. The molecule has 2 atom stereocenters. The molecule has 31 heavy (non-hydrogen) atoms. The number of hydrogen-bond donors (Lipinski definition) is 3. The van der Waals surface area contributed by atoms with Gasteiger partial charge >= 0.3 is 17.9 Å². The van der Waals surface area contributed by atoms with Gasteiger partial charge in [0.15, 0.2) is 6.10 Å². The van der Waals surface area contributed by atoms with Crippen LogP contribution in [-0.4, -0.2) is 58.6 Å². The van der Waals surface area contributed by atoms with Crippen LogP contribution < -0.4 is 0 Å². The number of carboxylic acid groups (broad SMARTS) is 1. The quantitative estimate of drug-likeness (QED) is 0.179. The van der Waals surface area contributed by atoms with E-state index in [1.54, 1.807) is 0 Å². The van der Waals surface area contributed by atoms with Crippen LogP contribution in [0.15, 0.2) is 0 Å². The van der Waals surface area contributed by atoms with E-state index in [0.717, 1.165) is 19.3 Å². The topological polar surface area (TPSA) is 130 Å². The number of carboxylic acids is 1. The van der Waals surface area contributed by atoms with Crippen molar-refractivity contribution in [1.82, 2.24) is 0 Å². The lowest BCUT2D eigenvalue weighted by Gasteiger charge is -2.12. The van der Waals surface area contributed by atoms with Gasteiger partial charge in [-0.3, -0.25) is 9.59 Å². The lowest BCUT2D eigenvalue weighted by atomic mass is 10.0. The number of aliphatic hydroxyl groups is 2. The van der Waals surface area contributed by atoms with Crippen LogP contribution in [0.1, 0.15) is 103 Å². The van der Waals surface area contributed by atoms with E-state index in [0.29, 0.717) is 0 Å². The van der Waals surface area contributed by atoms with Gasteiger partial charge in [0.25, 0.3) is 0 Å². The molecule has 0 rings (SSSR count). The van der Waals surface area contributed by atoms with E-state index in [1.165, 1.54) is 64.2 Å². The molecule has 182 valence electrons. The molecule has 0 aliphatic heterocycles. The Morgan fingerprint density at radius 1 is 0.677 bits per heavy atom. The number of carbonyl (C=O) groups excluding carboxylic acids is 2. The van der Waals surface area contributed by atoms with Gasteiger partial charge in [0, 0.05) is 6.42 Å². The van der Waals surface area contributed by atoms with E-state index >= 15 is 0 Å². The van der Waals surface area contributed by atoms with Crippen LogP contribution in [0.3, 0.4) is 0 Å². The maximum absolute atomic E-state index is 11.7. The number of hydrogen-bond acceptors (Lipinski definition) is 7. The first-order chi connectivity index (χ1) is 14.9. The standard InChI is InChI=1S/C23H42O8/c1-2-3-4-5-6-7-8-9-10-11-12-13-14-15-21(26)30-17-19(24)18-31-22(27)16-20(25)23(28)29/h19-20,24-25H,2-18H2,1H3,(H,28,29)/t19?,20-/m0/s1. The summed E-state index contributed by atoms with van der Waals surface area (Å²) in [7, 11) is 0. The molecule has 0 heterocycles. The average molecular weight is 447 g/mol. The van der Waals surface area contributed by atoms with Gasteiger partial charge in [-0.15, -0.1) is 0 Å². The molecule has 0 aliphatic rings. The molecule has 3 N–H and O–H groups in total. The molecule has 0 aliphatic carbocycles. The van der Waals surface area contributed by atoms with Gasteiger partial charge in [0.1, 0.15) is 19.3 Å². The fraction of sp³-hybridized carbons (Fsp3) is 0.870. The number of rotatable bonds is 21. The number of aliphatic carboxylic acids is 1. The highest BCUT2D eigenvalue weighted by Gasteiger charge is 2.20. The molecule has 0 aromatic rings.